The van der Waals surface area contributed by atoms with E-state index in [0.717, 1.165) is 0 Å². The van der Waals surface area contributed by atoms with Gasteiger partial charge < -0.3 is 0 Å². The third kappa shape index (κ3) is 2.85. The van der Waals surface area contributed by atoms with Crippen LogP contribution in [-0.4, -0.2) is 8.07 Å². The molecule has 0 N–H and O–H groups in total. The molecule has 0 aliphatic carbocycles. The third-order valence-electron chi connectivity index (χ3n) is 1.88. The van der Waals surface area contributed by atoms with Crippen LogP contribution < -0.4 is 0 Å². The second kappa shape index (κ2) is 2.69. The minimum atomic E-state index is -0.944. The van der Waals surface area contributed by atoms with Crippen LogP contribution in [0.15, 0.2) is 10.8 Å². The predicted octanol–water partition coefficient (Wildman–Crippen LogP) is 3.22. The summed E-state index contributed by atoms with van der Waals surface area (Å²) in [7, 11) is -0.944. The van der Waals surface area contributed by atoms with Crippen molar-refractivity contribution in [3.63, 3.8) is 0 Å². The van der Waals surface area contributed by atoms with Crippen molar-refractivity contribution in [2.45, 2.75) is 40.4 Å². The zero-order valence-corrected chi connectivity index (χ0v) is 8.50. The van der Waals surface area contributed by atoms with Crippen molar-refractivity contribution in [2.75, 3.05) is 0 Å². The first-order chi connectivity index (χ1) is 3.85. The summed E-state index contributed by atoms with van der Waals surface area (Å²) in [5, 5.41) is 1.64. The van der Waals surface area contributed by atoms with Crippen molar-refractivity contribution in [2.24, 2.45) is 0 Å². The second-order valence-corrected chi connectivity index (χ2v) is 9.12. The number of allylic oxidation sites excluding steroid dienone is 2. The fourth-order valence-corrected chi connectivity index (χ4v) is 2.25. The average molecular weight is 142 g/mol. The van der Waals surface area contributed by atoms with Crippen LogP contribution in [0.4, 0.5) is 0 Å². The topological polar surface area (TPSA) is 0 Å². The summed E-state index contributed by atoms with van der Waals surface area (Å²) in [4.78, 5) is 0. The minimum Gasteiger partial charge on any atom is -0.0854 e. The first-order valence-corrected chi connectivity index (χ1v) is 7.00. The molecule has 0 aromatic rings. The van der Waals surface area contributed by atoms with Crippen molar-refractivity contribution in [3.8, 4) is 0 Å². The van der Waals surface area contributed by atoms with Crippen LogP contribution in [0.3, 0.4) is 0 Å². The molecule has 0 heterocycles. The van der Waals surface area contributed by atoms with Crippen molar-refractivity contribution in [1.29, 1.82) is 0 Å². The Morgan fingerprint density at radius 3 is 1.22 bits per heavy atom. The Labute approximate surface area is 60.0 Å². The van der Waals surface area contributed by atoms with Crippen LogP contribution in [0.5, 0.6) is 0 Å². The molecule has 0 aliphatic heterocycles. The van der Waals surface area contributed by atoms with E-state index in [1.54, 1.807) is 5.20 Å². The molecule has 0 bridgehead atoms. The van der Waals surface area contributed by atoms with Gasteiger partial charge in [0, 0.05) is 0 Å². The van der Waals surface area contributed by atoms with Crippen LogP contribution in [-0.2, 0) is 0 Å². The highest BCUT2D eigenvalue weighted by molar-refractivity contribution is 6.83. The molecule has 0 atom stereocenters. The molecule has 0 saturated heterocycles. The van der Waals surface area contributed by atoms with E-state index in [1.165, 1.54) is 5.57 Å². The van der Waals surface area contributed by atoms with E-state index in [1.807, 2.05) is 0 Å². The number of rotatable bonds is 1. The van der Waals surface area contributed by atoms with Crippen molar-refractivity contribution in [1.82, 2.24) is 0 Å². The van der Waals surface area contributed by atoms with Crippen LogP contribution in [0, 0.1) is 0 Å². The van der Waals surface area contributed by atoms with Crippen LogP contribution >= 0.6 is 0 Å². The molecule has 0 fully saturated rings. The maximum Gasteiger partial charge on any atom is 0.0719 e. The average Bonchev–Trinajstić information content (AvgIpc) is 1.62. The van der Waals surface area contributed by atoms with Crippen molar-refractivity contribution in [3.05, 3.63) is 10.8 Å². The first-order valence-electron chi connectivity index (χ1n) is 3.50. The molecule has 0 aliphatic rings. The van der Waals surface area contributed by atoms with E-state index < -0.39 is 8.07 Å². The maximum atomic E-state index is 2.38. The van der Waals surface area contributed by atoms with Crippen molar-refractivity contribution < 1.29 is 0 Å². The molecule has 0 unspecified atom stereocenters. The van der Waals surface area contributed by atoms with Crippen molar-refractivity contribution >= 4 is 8.07 Å². The van der Waals surface area contributed by atoms with E-state index in [-0.39, 0.29) is 0 Å². The summed E-state index contributed by atoms with van der Waals surface area (Å²) in [6.07, 6.45) is 0. The zero-order chi connectivity index (χ0) is 7.65. The lowest BCUT2D eigenvalue weighted by atomic mass is 10.3. The molecule has 0 amide bonds. The van der Waals surface area contributed by atoms with E-state index in [0.29, 0.717) is 0 Å². The van der Waals surface area contributed by atoms with Gasteiger partial charge in [0.25, 0.3) is 0 Å². The summed E-state index contributed by atoms with van der Waals surface area (Å²) in [5.41, 5.74) is 1.51. The Bertz CT molecular complexity index is 122. The highest BCUT2D eigenvalue weighted by Crippen LogP contribution is 2.16. The summed E-state index contributed by atoms with van der Waals surface area (Å²) >= 11 is 0. The van der Waals surface area contributed by atoms with Gasteiger partial charge in [-0.05, 0) is 20.8 Å². The lowest BCUT2D eigenvalue weighted by Crippen LogP contribution is -2.22. The molecule has 0 nitrogen and oxygen atoms in total. The maximum absolute atomic E-state index is 2.38. The largest absolute Gasteiger partial charge is 0.0854 e. The molecule has 9 heavy (non-hydrogen) atoms. The molecule has 54 valence electrons. The summed E-state index contributed by atoms with van der Waals surface area (Å²) in [6, 6.07) is 0. The molecule has 0 aromatic carbocycles. The molecular formula is C8H18Si. The van der Waals surface area contributed by atoms with Crippen LogP contribution in [0.25, 0.3) is 0 Å². The van der Waals surface area contributed by atoms with Gasteiger partial charge in [-0.2, -0.15) is 0 Å². The van der Waals surface area contributed by atoms with Gasteiger partial charge in [0.1, 0.15) is 0 Å². The summed E-state index contributed by atoms with van der Waals surface area (Å²) in [6.45, 7) is 13.8. The fourth-order valence-electron chi connectivity index (χ4n) is 0.750. The monoisotopic (exact) mass is 142 g/mol. The first kappa shape index (κ1) is 8.96. The van der Waals surface area contributed by atoms with Gasteiger partial charge in [-0.15, -0.1) is 0 Å². The molecular weight excluding hydrogens is 124 g/mol. The Morgan fingerprint density at radius 2 is 1.22 bits per heavy atom. The third-order valence-corrected chi connectivity index (χ3v) is 4.62. The smallest absolute Gasteiger partial charge is 0.0719 e. The molecule has 1 heteroatoms. The lowest BCUT2D eigenvalue weighted by molar-refractivity contribution is 1.31. The van der Waals surface area contributed by atoms with Gasteiger partial charge in [-0.1, -0.05) is 30.4 Å². The van der Waals surface area contributed by atoms with Gasteiger partial charge in [0.05, 0.1) is 8.07 Å². The lowest BCUT2D eigenvalue weighted by Gasteiger charge is -2.18. The Kier molecular flexibility index (Phi) is 2.68. The van der Waals surface area contributed by atoms with Gasteiger partial charge in [-0.3, -0.25) is 0 Å². The predicted molar refractivity (Wildman–Crippen MR) is 47.4 cm³/mol. The fraction of sp³-hybridized carbons (Fsp3) is 0.750. The van der Waals surface area contributed by atoms with Crippen LogP contribution in [0.1, 0.15) is 20.8 Å². The molecule has 0 aromatic heterocycles. The SMILES string of the molecule is CC(C)=C(C)[Si](C)(C)C. The summed E-state index contributed by atoms with van der Waals surface area (Å²) < 4.78 is 0. The normalized spacial score (nSPS) is 11.3. The van der Waals surface area contributed by atoms with Gasteiger partial charge in [0.2, 0.25) is 0 Å². The zero-order valence-electron chi connectivity index (χ0n) is 7.50. The Hall–Kier alpha value is -0.0431. The van der Waals surface area contributed by atoms with E-state index in [4.69, 9.17) is 0 Å². The molecule has 0 rings (SSSR count). The van der Waals surface area contributed by atoms with Gasteiger partial charge in [-0.25, -0.2) is 0 Å². The molecule has 0 saturated carbocycles. The molecule has 0 radical (unpaired) electrons. The standard InChI is InChI=1S/C8H18Si/c1-7(2)8(3)9(4,5)6/h1-6H3. The van der Waals surface area contributed by atoms with Gasteiger partial charge >= 0.3 is 0 Å². The summed E-state index contributed by atoms with van der Waals surface area (Å²) in [5.74, 6) is 0. The van der Waals surface area contributed by atoms with Crippen LogP contribution in [0.2, 0.25) is 19.6 Å². The quantitative estimate of drug-likeness (QED) is 0.493. The highest BCUT2D eigenvalue weighted by atomic mass is 28.3. The Morgan fingerprint density at radius 1 is 0.889 bits per heavy atom. The highest BCUT2D eigenvalue weighted by Gasteiger charge is 2.15. The molecule has 0 spiro atoms. The van der Waals surface area contributed by atoms with E-state index >= 15 is 0 Å². The Balaban J connectivity index is 4.40. The van der Waals surface area contributed by atoms with E-state index in [2.05, 4.69) is 40.4 Å². The minimum absolute atomic E-state index is 0.944. The van der Waals surface area contributed by atoms with E-state index in [9.17, 15) is 0 Å². The number of hydrogen-bond donors (Lipinski definition) is 0. The number of hydrogen-bond acceptors (Lipinski definition) is 0. The second-order valence-electron chi connectivity index (χ2n) is 3.88. The van der Waals surface area contributed by atoms with Gasteiger partial charge in [0.15, 0.2) is 0 Å².